The van der Waals surface area contributed by atoms with Crippen LogP contribution in [0.1, 0.15) is 5.56 Å². The van der Waals surface area contributed by atoms with E-state index in [9.17, 15) is 27.2 Å². The Morgan fingerprint density at radius 2 is 1.41 bits per heavy atom. The summed E-state index contributed by atoms with van der Waals surface area (Å²) in [7, 11) is 0. The first kappa shape index (κ1) is 21.1. The molecular formula is C23H14F4N2O3. The zero-order valence-electron chi connectivity index (χ0n) is 16.2. The van der Waals surface area contributed by atoms with Crippen molar-refractivity contribution in [1.82, 2.24) is 0 Å². The number of hydrogen-bond acceptors (Lipinski definition) is 4. The number of carbonyl (C=O) groups excluding carboxylic acids is 2. The van der Waals surface area contributed by atoms with E-state index in [1.165, 1.54) is 24.3 Å². The number of benzene rings is 3. The van der Waals surface area contributed by atoms with Crippen molar-refractivity contribution in [3.05, 3.63) is 95.9 Å². The monoisotopic (exact) mass is 442 g/mol. The maximum Gasteiger partial charge on any atom is 0.573 e. The van der Waals surface area contributed by atoms with Gasteiger partial charge in [-0.05, 0) is 54.1 Å². The molecule has 162 valence electrons. The molecule has 2 amide bonds. The first-order valence-electron chi connectivity index (χ1n) is 9.30. The summed E-state index contributed by atoms with van der Waals surface area (Å²) in [6, 6.07) is 18.0. The maximum atomic E-state index is 13.3. The van der Waals surface area contributed by atoms with E-state index in [1.54, 1.807) is 30.3 Å². The van der Waals surface area contributed by atoms with Crippen molar-refractivity contribution in [1.29, 1.82) is 0 Å². The fraction of sp³-hybridized carbons (Fsp3) is 0.0435. The Morgan fingerprint density at radius 1 is 0.781 bits per heavy atom. The third-order valence-corrected chi connectivity index (χ3v) is 4.59. The van der Waals surface area contributed by atoms with Crippen molar-refractivity contribution >= 4 is 28.8 Å². The molecular weight excluding hydrogens is 428 g/mol. The van der Waals surface area contributed by atoms with Crippen LogP contribution in [0.4, 0.5) is 28.9 Å². The second kappa shape index (κ2) is 8.18. The largest absolute Gasteiger partial charge is 0.573 e. The molecule has 1 aliphatic heterocycles. The zero-order chi connectivity index (χ0) is 22.9. The number of ether oxygens (including phenoxy) is 1. The predicted octanol–water partition coefficient (Wildman–Crippen LogP) is 5.12. The Balaban J connectivity index is 1.70. The van der Waals surface area contributed by atoms with Crippen LogP contribution < -0.4 is 15.0 Å². The molecule has 32 heavy (non-hydrogen) atoms. The normalized spacial score (nSPS) is 14.2. The highest BCUT2D eigenvalue weighted by atomic mass is 19.4. The minimum atomic E-state index is -4.83. The standard InChI is InChI=1S/C23H14F4N2O3/c24-15-6-10-17(11-7-15)29-21(30)19(14-4-2-1-3-5-14)20(22(29)31)28-16-8-12-18(13-9-16)32-23(25,26)27/h1-13,28H. The van der Waals surface area contributed by atoms with Gasteiger partial charge >= 0.3 is 6.36 Å². The topological polar surface area (TPSA) is 58.6 Å². The molecule has 0 atom stereocenters. The SMILES string of the molecule is O=C1C(Nc2ccc(OC(F)(F)F)cc2)=C(c2ccccc2)C(=O)N1c1ccc(F)cc1. The third-order valence-electron chi connectivity index (χ3n) is 4.59. The molecule has 0 spiro atoms. The van der Waals surface area contributed by atoms with Crippen molar-refractivity contribution in [2.24, 2.45) is 0 Å². The lowest BCUT2D eigenvalue weighted by Crippen LogP contribution is -2.32. The van der Waals surface area contributed by atoms with Crippen molar-refractivity contribution in [3.8, 4) is 5.75 Å². The lowest BCUT2D eigenvalue weighted by atomic mass is 10.0. The van der Waals surface area contributed by atoms with E-state index in [4.69, 9.17) is 0 Å². The fourth-order valence-electron chi connectivity index (χ4n) is 3.23. The van der Waals surface area contributed by atoms with E-state index >= 15 is 0 Å². The van der Waals surface area contributed by atoms with E-state index in [0.29, 0.717) is 5.56 Å². The van der Waals surface area contributed by atoms with Crippen LogP contribution in [0.2, 0.25) is 0 Å². The van der Waals surface area contributed by atoms with Crippen LogP contribution in [0.5, 0.6) is 5.75 Å². The number of halogens is 4. The number of rotatable bonds is 5. The second-order valence-electron chi connectivity index (χ2n) is 6.74. The number of imide groups is 1. The Hall–Kier alpha value is -4.14. The van der Waals surface area contributed by atoms with E-state index < -0.39 is 29.7 Å². The van der Waals surface area contributed by atoms with Gasteiger partial charge in [-0.2, -0.15) is 0 Å². The van der Waals surface area contributed by atoms with Gasteiger partial charge in [0.25, 0.3) is 11.8 Å². The number of amides is 2. The summed E-state index contributed by atoms with van der Waals surface area (Å²) in [4.78, 5) is 27.3. The summed E-state index contributed by atoms with van der Waals surface area (Å²) >= 11 is 0. The number of carbonyl (C=O) groups is 2. The molecule has 0 unspecified atom stereocenters. The van der Waals surface area contributed by atoms with Crippen molar-refractivity contribution in [3.63, 3.8) is 0 Å². The highest BCUT2D eigenvalue weighted by molar-refractivity contribution is 6.46. The Bertz CT molecular complexity index is 1190. The number of anilines is 2. The van der Waals surface area contributed by atoms with Crippen LogP contribution in [0.3, 0.4) is 0 Å². The van der Waals surface area contributed by atoms with Gasteiger partial charge in [-0.1, -0.05) is 30.3 Å². The van der Waals surface area contributed by atoms with Crippen molar-refractivity contribution < 1.29 is 31.9 Å². The van der Waals surface area contributed by atoms with Crippen molar-refractivity contribution in [2.45, 2.75) is 6.36 Å². The minimum absolute atomic E-state index is 0.0602. The molecule has 9 heteroatoms. The zero-order valence-corrected chi connectivity index (χ0v) is 16.2. The molecule has 1 heterocycles. The molecule has 4 rings (SSSR count). The highest BCUT2D eigenvalue weighted by Gasteiger charge is 2.40. The summed E-state index contributed by atoms with van der Waals surface area (Å²) in [6.45, 7) is 0. The fourth-order valence-corrected chi connectivity index (χ4v) is 3.23. The minimum Gasteiger partial charge on any atom is -0.406 e. The first-order chi connectivity index (χ1) is 15.2. The Kier molecular flexibility index (Phi) is 5.40. The second-order valence-corrected chi connectivity index (χ2v) is 6.74. The summed E-state index contributed by atoms with van der Waals surface area (Å²) in [5.74, 6) is -2.26. The molecule has 0 radical (unpaired) electrons. The van der Waals surface area contributed by atoms with Crippen LogP contribution in [0, 0.1) is 5.82 Å². The lowest BCUT2D eigenvalue weighted by molar-refractivity contribution is -0.274. The molecule has 1 N–H and O–H groups in total. The van der Waals surface area contributed by atoms with Gasteiger partial charge in [0.05, 0.1) is 11.3 Å². The molecule has 0 saturated carbocycles. The average molecular weight is 442 g/mol. The molecule has 0 fully saturated rings. The van der Waals surface area contributed by atoms with Crippen LogP contribution in [0.25, 0.3) is 5.57 Å². The molecule has 0 aromatic heterocycles. The third kappa shape index (κ3) is 4.31. The number of hydrogen-bond donors (Lipinski definition) is 1. The van der Waals surface area contributed by atoms with E-state index in [2.05, 4.69) is 10.1 Å². The van der Waals surface area contributed by atoms with Crippen LogP contribution in [-0.4, -0.2) is 18.2 Å². The van der Waals surface area contributed by atoms with E-state index in [-0.39, 0.29) is 22.6 Å². The van der Waals surface area contributed by atoms with Gasteiger partial charge in [-0.3, -0.25) is 9.59 Å². The molecule has 3 aromatic carbocycles. The van der Waals surface area contributed by atoms with Crippen LogP contribution in [0.15, 0.2) is 84.6 Å². The molecule has 3 aromatic rings. The first-order valence-corrected chi connectivity index (χ1v) is 9.30. The molecule has 5 nitrogen and oxygen atoms in total. The highest BCUT2D eigenvalue weighted by Crippen LogP contribution is 2.34. The number of nitrogens with zero attached hydrogens (tertiary/aromatic N) is 1. The van der Waals surface area contributed by atoms with Gasteiger partial charge in [0.2, 0.25) is 0 Å². The maximum absolute atomic E-state index is 13.3. The van der Waals surface area contributed by atoms with Gasteiger partial charge in [-0.25, -0.2) is 9.29 Å². The molecule has 0 bridgehead atoms. The summed E-state index contributed by atoms with van der Waals surface area (Å²) in [5, 5.41) is 2.83. The van der Waals surface area contributed by atoms with Crippen molar-refractivity contribution in [2.75, 3.05) is 10.2 Å². The summed E-state index contributed by atoms with van der Waals surface area (Å²) in [6.07, 6.45) is -4.83. The Morgan fingerprint density at radius 3 is 2.00 bits per heavy atom. The van der Waals surface area contributed by atoms with Gasteiger partial charge in [0.15, 0.2) is 0 Å². The summed E-state index contributed by atoms with van der Waals surface area (Å²) < 4.78 is 54.3. The average Bonchev–Trinajstić information content (AvgIpc) is 2.99. The molecule has 0 saturated heterocycles. The number of nitrogens with one attached hydrogen (secondary N) is 1. The van der Waals surface area contributed by atoms with Gasteiger partial charge < -0.3 is 10.1 Å². The van der Waals surface area contributed by atoms with E-state index in [0.717, 1.165) is 29.2 Å². The van der Waals surface area contributed by atoms with Gasteiger partial charge in [-0.15, -0.1) is 13.2 Å². The van der Waals surface area contributed by atoms with Gasteiger partial charge in [0.1, 0.15) is 17.3 Å². The molecule has 0 aliphatic carbocycles. The Labute approximate surface area is 179 Å². The number of alkyl halides is 3. The lowest BCUT2D eigenvalue weighted by Gasteiger charge is -2.15. The van der Waals surface area contributed by atoms with Crippen LogP contribution in [-0.2, 0) is 9.59 Å². The molecule has 1 aliphatic rings. The smallest absolute Gasteiger partial charge is 0.406 e. The van der Waals surface area contributed by atoms with E-state index in [1.807, 2.05) is 0 Å². The predicted molar refractivity (Wildman–Crippen MR) is 109 cm³/mol. The van der Waals surface area contributed by atoms with Gasteiger partial charge in [0, 0.05) is 5.69 Å². The quantitative estimate of drug-likeness (QED) is 0.440. The van der Waals surface area contributed by atoms with Crippen LogP contribution >= 0.6 is 0 Å². The summed E-state index contributed by atoms with van der Waals surface area (Å²) in [5.41, 5.74) is 0.936.